The molecule has 0 saturated carbocycles. The van der Waals surface area contributed by atoms with E-state index >= 15 is 0 Å². The Labute approximate surface area is 95.4 Å². The zero-order chi connectivity index (χ0) is 11.1. The Morgan fingerprint density at radius 3 is 2.80 bits per heavy atom. The molecule has 2 atom stereocenters. The van der Waals surface area contributed by atoms with Crippen LogP contribution in [0.25, 0.3) is 0 Å². The van der Waals surface area contributed by atoms with E-state index in [1.165, 1.54) is 45.3 Å². The van der Waals surface area contributed by atoms with Gasteiger partial charge in [-0.2, -0.15) is 0 Å². The highest BCUT2D eigenvalue weighted by Crippen LogP contribution is 2.20. The molecule has 1 aliphatic rings. The lowest BCUT2D eigenvalue weighted by atomic mass is 9.98. The molecule has 1 heterocycles. The molecule has 90 valence electrons. The van der Waals surface area contributed by atoms with Gasteiger partial charge in [0.15, 0.2) is 0 Å². The zero-order valence-corrected chi connectivity index (χ0v) is 10.8. The first kappa shape index (κ1) is 13.0. The standard InChI is InChI=1S/C13H28N2/c1-4-13-8-6-7-9-15(13)11-12(3)10-14-5-2/h12-14H,4-11H2,1-3H3. The first-order valence-electron chi connectivity index (χ1n) is 6.72. The van der Waals surface area contributed by atoms with E-state index in [9.17, 15) is 0 Å². The van der Waals surface area contributed by atoms with Crippen LogP contribution in [0, 0.1) is 5.92 Å². The lowest BCUT2D eigenvalue weighted by molar-refractivity contribution is 0.125. The van der Waals surface area contributed by atoms with E-state index in [0.29, 0.717) is 0 Å². The lowest BCUT2D eigenvalue weighted by Crippen LogP contribution is -2.43. The number of nitrogens with one attached hydrogen (secondary N) is 1. The fourth-order valence-corrected chi connectivity index (χ4v) is 2.62. The second-order valence-electron chi connectivity index (χ2n) is 4.97. The Balaban J connectivity index is 2.27. The number of hydrogen-bond acceptors (Lipinski definition) is 2. The molecule has 1 rings (SSSR count). The minimum atomic E-state index is 0.789. The second-order valence-corrected chi connectivity index (χ2v) is 4.97. The Kier molecular flexibility index (Phi) is 6.26. The summed E-state index contributed by atoms with van der Waals surface area (Å²) in [6.07, 6.45) is 5.60. The average Bonchev–Trinajstić information content (AvgIpc) is 2.27. The minimum Gasteiger partial charge on any atom is -0.317 e. The predicted molar refractivity (Wildman–Crippen MR) is 67.2 cm³/mol. The quantitative estimate of drug-likeness (QED) is 0.728. The van der Waals surface area contributed by atoms with Crippen molar-refractivity contribution in [1.82, 2.24) is 10.2 Å². The van der Waals surface area contributed by atoms with Gasteiger partial charge in [-0.3, -0.25) is 0 Å². The SMILES string of the molecule is CCNCC(C)CN1CCCCC1CC. The maximum Gasteiger partial charge on any atom is 0.00927 e. The molecule has 2 nitrogen and oxygen atoms in total. The van der Waals surface area contributed by atoms with Crippen LogP contribution in [0.1, 0.15) is 46.5 Å². The van der Waals surface area contributed by atoms with Crippen LogP contribution in [0.4, 0.5) is 0 Å². The molecule has 0 spiro atoms. The molecule has 15 heavy (non-hydrogen) atoms. The van der Waals surface area contributed by atoms with E-state index in [1.54, 1.807) is 0 Å². The highest BCUT2D eigenvalue weighted by atomic mass is 15.2. The number of likely N-dealkylation sites (tertiary alicyclic amines) is 1. The van der Waals surface area contributed by atoms with Crippen LogP contribution < -0.4 is 5.32 Å². The third kappa shape index (κ3) is 4.52. The summed E-state index contributed by atoms with van der Waals surface area (Å²) in [7, 11) is 0. The molecule has 1 aliphatic heterocycles. The lowest BCUT2D eigenvalue weighted by Gasteiger charge is -2.36. The van der Waals surface area contributed by atoms with Crippen molar-refractivity contribution in [2.24, 2.45) is 5.92 Å². The normalized spacial score (nSPS) is 25.4. The molecule has 0 radical (unpaired) electrons. The van der Waals surface area contributed by atoms with Crippen molar-refractivity contribution in [2.45, 2.75) is 52.5 Å². The molecule has 0 aliphatic carbocycles. The Bertz CT molecular complexity index is 159. The van der Waals surface area contributed by atoms with Crippen molar-refractivity contribution in [3.8, 4) is 0 Å². The predicted octanol–water partition coefficient (Wildman–Crippen LogP) is 2.50. The summed E-state index contributed by atoms with van der Waals surface area (Å²) >= 11 is 0. The summed E-state index contributed by atoms with van der Waals surface area (Å²) in [6, 6.07) is 0.864. The first-order valence-corrected chi connectivity index (χ1v) is 6.72. The molecule has 0 aromatic rings. The van der Waals surface area contributed by atoms with Crippen LogP contribution in [0.5, 0.6) is 0 Å². The fourth-order valence-electron chi connectivity index (χ4n) is 2.62. The molecule has 1 fully saturated rings. The maximum absolute atomic E-state index is 3.44. The Morgan fingerprint density at radius 1 is 1.33 bits per heavy atom. The average molecular weight is 212 g/mol. The van der Waals surface area contributed by atoms with E-state index in [4.69, 9.17) is 0 Å². The third-order valence-electron chi connectivity index (χ3n) is 3.51. The number of rotatable bonds is 6. The van der Waals surface area contributed by atoms with Crippen molar-refractivity contribution in [1.29, 1.82) is 0 Å². The van der Waals surface area contributed by atoms with Crippen LogP contribution in [0.15, 0.2) is 0 Å². The number of nitrogens with zero attached hydrogens (tertiary/aromatic N) is 1. The van der Waals surface area contributed by atoms with Crippen LogP contribution in [-0.4, -0.2) is 37.1 Å². The van der Waals surface area contributed by atoms with Gasteiger partial charge in [0.1, 0.15) is 0 Å². The Hall–Kier alpha value is -0.0800. The molecule has 1 saturated heterocycles. The molecule has 0 aromatic heterocycles. The Morgan fingerprint density at radius 2 is 2.13 bits per heavy atom. The van der Waals surface area contributed by atoms with Crippen LogP contribution in [0.2, 0.25) is 0 Å². The summed E-state index contributed by atoms with van der Waals surface area (Å²) < 4.78 is 0. The smallest absolute Gasteiger partial charge is 0.00927 e. The first-order chi connectivity index (χ1) is 7.27. The van der Waals surface area contributed by atoms with Crippen molar-refractivity contribution < 1.29 is 0 Å². The third-order valence-corrected chi connectivity index (χ3v) is 3.51. The van der Waals surface area contributed by atoms with Crippen molar-refractivity contribution in [3.05, 3.63) is 0 Å². The molecule has 2 unspecified atom stereocenters. The topological polar surface area (TPSA) is 15.3 Å². The number of piperidine rings is 1. The zero-order valence-electron chi connectivity index (χ0n) is 10.8. The maximum atomic E-state index is 3.44. The molecular formula is C13H28N2. The van der Waals surface area contributed by atoms with Crippen LogP contribution >= 0.6 is 0 Å². The van der Waals surface area contributed by atoms with Gasteiger partial charge in [-0.25, -0.2) is 0 Å². The van der Waals surface area contributed by atoms with Gasteiger partial charge in [-0.15, -0.1) is 0 Å². The van der Waals surface area contributed by atoms with Gasteiger partial charge >= 0.3 is 0 Å². The van der Waals surface area contributed by atoms with E-state index in [0.717, 1.165) is 18.5 Å². The molecule has 0 bridgehead atoms. The molecule has 0 amide bonds. The molecule has 2 heteroatoms. The largest absolute Gasteiger partial charge is 0.317 e. The van der Waals surface area contributed by atoms with Gasteiger partial charge in [0.25, 0.3) is 0 Å². The van der Waals surface area contributed by atoms with Crippen molar-refractivity contribution >= 4 is 0 Å². The molecule has 0 aromatic carbocycles. The second kappa shape index (κ2) is 7.24. The minimum absolute atomic E-state index is 0.789. The highest BCUT2D eigenvalue weighted by molar-refractivity contribution is 4.77. The summed E-state index contributed by atoms with van der Waals surface area (Å²) in [5.41, 5.74) is 0. The van der Waals surface area contributed by atoms with Crippen molar-refractivity contribution in [2.75, 3.05) is 26.2 Å². The monoisotopic (exact) mass is 212 g/mol. The van der Waals surface area contributed by atoms with Gasteiger partial charge in [0.05, 0.1) is 0 Å². The van der Waals surface area contributed by atoms with Gasteiger partial charge in [-0.1, -0.05) is 27.2 Å². The number of hydrogen-bond donors (Lipinski definition) is 1. The van der Waals surface area contributed by atoms with Crippen LogP contribution in [0.3, 0.4) is 0 Å². The van der Waals surface area contributed by atoms with E-state index in [-0.39, 0.29) is 0 Å². The summed E-state index contributed by atoms with van der Waals surface area (Å²) in [6.45, 7) is 11.8. The van der Waals surface area contributed by atoms with E-state index < -0.39 is 0 Å². The van der Waals surface area contributed by atoms with E-state index in [2.05, 4.69) is 31.0 Å². The molecule has 1 N–H and O–H groups in total. The van der Waals surface area contributed by atoms with E-state index in [1.807, 2.05) is 0 Å². The molecular weight excluding hydrogens is 184 g/mol. The fraction of sp³-hybridized carbons (Fsp3) is 1.00. The van der Waals surface area contributed by atoms with Crippen molar-refractivity contribution in [3.63, 3.8) is 0 Å². The van der Waals surface area contributed by atoms with Gasteiger partial charge in [0.2, 0.25) is 0 Å². The highest BCUT2D eigenvalue weighted by Gasteiger charge is 2.21. The van der Waals surface area contributed by atoms with Gasteiger partial charge < -0.3 is 10.2 Å². The van der Waals surface area contributed by atoms with Gasteiger partial charge in [-0.05, 0) is 44.8 Å². The summed E-state index contributed by atoms with van der Waals surface area (Å²) in [5.74, 6) is 0.789. The van der Waals surface area contributed by atoms with Crippen LogP contribution in [-0.2, 0) is 0 Å². The van der Waals surface area contributed by atoms with Gasteiger partial charge in [0, 0.05) is 12.6 Å². The summed E-state index contributed by atoms with van der Waals surface area (Å²) in [4.78, 5) is 2.71. The summed E-state index contributed by atoms with van der Waals surface area (Å²) in [5, 5.41) is 3.44.